The molecule has 0 bridgehead atoms. The zero-order chi connectivity index (χ0) is 9.14. The van der Waals surface area contributed by atoms with Gasteiger partial charge in [0.25, 0.3) is 0 Å². The Bertz CT molecular complexity index is 246. The van der Waals surface area contributed by atoms with Gasteiger partial charge in [0, 0.05) is 4.88 Å². The molecular weight excluding hydrogens is 164 g/mol. The van der Waals surface area contributed by atoms with Crippen molar-refractivity contribution in [2.75, 3.05) is 0 Å². The molecule has 68 valence electrons. The molecule has 1 heteroatoms. The highest BCUT2D eigenvalue weighted by Crippen LogP contribution is 2.29. The first-order valence-corrected chi connectivity index (χ1v) is 5.67. The number of aryl methyl sites for hydroxylation is 1. The van der Waals surface area contributed by atoms with E-state index < -0.39 is 0 Å². The van der Waals surface area contributed by atoms with E-state index in [4.69, 9.17) is 0 Å². The Kier molecular flexibility index (Phi) is 3.33. The maximum atomic E-state index is 2.34. The molecule has 0 atom stereocenters. The fourth-order valence-corrected chi connectivity index (χ4v) is 2.88. The second kappa shape index (κ2) is 4.08. The van der Waals surface area contributed by atoms with Gasteiger partial charge in [-0.3, -0.25) is 0 Å². The summed E-state index contributed by atoms with van der Waals surface area (Å²) in [6, 6.07) is 0. The van der Waals surface area contributed by atoms with Gasteiger partial charge in [0.1, 0.15) is 0 Å². The summed E-state index contributed by atoms with van der Waals surface area (Å²) in [7, 11) is 0. The van der Waals surface area contributed by atoms with E-state index in [1.54, 1.807) is 16.0 Å². The number of rotatable bonds is 3. The predicted molar refractivity (Wildman–Crippen MR) is 57.2 cm³/mol. The van der Waals surface area contributed by atoms with E-state index in [9.17, 15) is 0 Å². The van der Waals surface area contributed by atoms with Gasteiger partial charge in [-0.25, -0.2) is 0 Å². The van der Waals surface area contributed by atoms with Crippen molar-refractivity contribution in [3.05, 3.63) is 21.4 Å². The van der Waals surface area contributed by atoms with Gasteiger partial charge in [-0.15, -0.1) is 11.3 Å². The average Bonchev–Trinajstić information content (AvgIpc) is 2.46. The molecule has 0 amide bonds. The van der Waals surface area contributed by atoms with E-state index in [1.807, 2.05) is 11.3 Å². The first-order valence-electron chi connectivity index (χ1n) is 4.79. The zero-order valence-corrected chi connectivity index (χ0v) is 9.29. The van der Waals surface area contributed by atoms with E-state index in [0.29, 0.717) is 5.92 Å². The van der Waals surface area contributed by atoms with E-state index >= 15 is 0 Å². The lowest BCUT2D eigenvalue weighted by molar-refractivity contribution is 0.847. The van der Waals surface area contributed by atoms with E-state index in [-0.39, 0.29) is 0 Å². The van der Waals surface area contributed by atoms with Crippen LogP contribution in [0.3, 0.4) is 0 Å². The van der Waals surface area contributed by atoms with Crippen LogP contribution >= 0.6 is 11.3 Å². The van der Waals surface area contributed by atoms with Crippen molar-refractivity contribution in [1.29, 1.82) is 0 Å². The number of hydrogen-bond acceptors (Lipinski definition) is 1. The second-order valence-corrected chi connectivity index (χ2v) is 4.42. The lowest BCUT2D eigenvalue weighted by Crippen LogP contribution is -1.92. The smallest absolute Gasteiger partial charge is 0.00773 e. The molecule has 0 fully saturated rings. The summed E-state index contributed by atoms with van der Waals surface area (Å²) in [6.07, 6.45) is 2.39. The third-order valence-electron chi connectivity index (χ3n) is 2.31. The highest BCUT2D eigenvalue weighted by molar-refractivity contribution is 7.10. The first kappa shape index (κ1) is 9.79. The van der Waals surface area contributed by atoms with Gasteiger partial charge >= 0.3 is 0 Å². The molecule has 1 aromatic heterocycles. The fourth-order valence-electron chi connectivity index (χ4n) is 1.62. The molecular formula is C11H18S. The van der Waals surface area contributed by atoms with Gasteiger partial charge in [0.05, 0.1) is 0 Å². The summed E-state index contributed by atoms with van der Waals surface area (Å²) in [4.78, 5) is 1.58. The summed E-state index contributed by atoms with van der Waals surface area (Å²) in [5, 5.41) is 2.34. The van der Waals surface area contributed by atoms with Crippen molar-refractivity contribution in [2.45, 2.75) is 46.5 Å². The Hall–Kier alpha value is -0.300. The maximum absolute atomic E-state index is 2.34. The lowest BCUT2D eigenvalue weighted by Gasteiger charge is -2.06. The van der Waals surface area contributed by atoms with Crippen molar-refractivity contribution in [3.8, 4) is 0 Å². The monoisotopic (exact) mass is 182 g/mol. The third-order valence-corrected chi connectivity index (χ3v) is 3.50. The largest absolute Gasteiger partial charge is 0.148 e. The Morgan fingerprint density at radius 1 is 1.25 bits per heavy atom. The molecule has 0 aliphatic heterocycles. The third kappa shape index (κ3) is 1.71. The normalized spacial score (nSPS) is 11.1. The summed E-state index contributed by atoms with van der Waals surface area (Å²) >= 11 is 1.93. The van der Waals surface area contributed by atoms with Gasteiger partial charge in [0.15, 0.2) is 0 Å². The van der Waals surface area contributed by atoms with Gasteiger partial charge in [0.2, 0.25) is 0 Å². The van der Waals surface area contributed by atoms with Crippen molar-refractivity contribution >= 4 is 11.3 Å². The van der Waals surface area contributed by atoms with E-state index in [1.165, 1.54) is 12.8 Å². The van der Waals surface area contributed by atoms with Crippen molar-refractivity contribution in [3.63, 3.8) is 0 Å². The Morgan fingerprint density at radius 3 is 2.33 bits per heavy atom. The lowest BCUT2D eigenvalue weighted by atomic mass is 9.98. The van der Waals surface area contributed by atoms with Gasteiger partial charge in [-0.05, 0) is 35.3 Å². The molecule has 0 saturated heterocycles. The molecule has 0 aliphatic rings. The zero-order valence-electron chi connectivity index (χ0n) is 8.48. The molecule has 0 radical (unpaired) electrons. The maximum Gasteiger partial charge on any atom is 0.00773 e. The second-order valence-electron chi connectivity index (χ2n) is 3.45. The minimum absolute atomic E-state index is 0.691. The molecule has 0 aromatic carbocycles. The SMILES string of the molecule is CCc1scc(C(C)C)c1CC. The first-order chi connectivity index (χ1) is 5.70. The summed E-state index contributed by atoms with van der Waals surface area (Å²) in [5.74, 6) is 0.691. The van der Waals surface area contributed by atoms with Crippen LogP contribution in [0.15, 0.2) is 5.38 Å². The summed E-state index contributed by atoms with van der Waals surface area (Å²) in [5.41, 5.74) is 3.18. The standard InChI is InChI=1S/C11H18S/c1-5-9-10(8(3)4)7-12-11(9)6-2/h7-8H,5-6H2,1-4H3. The van der Waals surface area contributed by atoms with Gasteiger partial charge in [-0.1, -0.05) is 27.7 Å². The van der Waals surface area contributed by atoms with Gasteiger partial charge in [-0.2, -0.15) is 0 Å². The van der Waals surface area contributed by atoms with Crippen LogP contribution in [-0.2, 0) is 12.8 Å². The molecule has 1 heterocycles. The van der Waals surface area contributed by atoms with Crippen LogP contribution in [0, 0.1) is 0 Å². The molecule has 0 spiro atoms. The number of thiophene rings is 1. The minimum atomic E-state index is 0.691. The minimum Gasteiger partial charge on any atom is -0.148 e. The molecule has 1 aromatic rings. The highest BCUT2D eigenvalue weighted by Gasteiger charge is 2.10. The van der Waals surface area contributed by atoms with Crippen LogP contribution < -0.4 is 0 Å². The van der Waals surface area contributed by atoms with Crippen LogP contribution in [0.2, 0.25) is 0 Å². The van der Waals surface area contributed by atoms with Crippen LogP contribution in [0.25, 0.3) is 0 Å². The quantitative estimate of drug-likeness (QED) is 0.663. The molecule has 12 heavy (non-hydrogen) atoms. The fraction of sp³-hybridized carbons (Fsp3) is 0.636. The molecule has 0 aliphatic carbocycles. The molecule has 0 unspecified atom stereocenters. The van der Waals surface area contributed by atoms with Crippen LogP contribution in [0.1, 0.15) is 49.6 Å². The number of hydrogen-bond donors (Lipinski definition) is 0. The molecule has 0 saturated carbocycles. The Labute approximate surface area is 79.6 Å². The van der Waals surface area contributed by atoms with Crippen molar-refractivity contribution in [1.82, 2.24) is 0 Å². The Morgan fingerprint density at radius 2 is 1.92 bits per heavy atom. The van der Waals surface area contributed by atoms with Crippen LogP contribution in [0.5, 0.6) is 0 Å². The molecule has 0 nitrogen and oxygen atoms in total. The van der Waals surface area contributed by atoms with Gasteiger partial charge < -0.3 is 0 Å². The van der Waals surface area contributed by atoms with E-state index in [0.717, 1.165) is 0 Å². The highest BCUT2D eigenvalue weighted by atomic mass is 32.1. The molecule has 1 rings (SSSR count). The summed E-state index contributed by atoms with van der Waals surface area (Å²) < 4.78 is 0. The topological polar surface area (TPSA) is 0 Å². The average molecular weight is 182 g/mol. The van der Waals surface area contributed by atoms with E-state index in [2.05, 4.69) is 33.1 Å². The van der Waals surface area contributed by atoms with Crippen LogP contribution in [0.4, 0.5) is 0 Å². The Balaban J connectivity index is 3.05. The van der Waals surface area contributed by atoms with Crippen LogP contribution in [-0.4, -0.2) is 0 Å². The predicted octanol–water partition coefficient (Wildman–Crippen LogP) is 4.00. The molecule has 0 N–H and O–H groups in total. The van der Waals surface area contributed by atoms with Crippen molar-refractivity contribution < 1.29 is 0 Å². The van der Waals surface area contributed by atoms with Crippen molar-refractivity contribution in [2.24, 2.45) is 0 Å². The summed E-state index contributed by atoms with van der Waals surface area (Å²) in [6.45, 7) is 9.06.